The lowest BCUT2D eigenvalue weighted by Crippen LogP contribution is -2.39. The molecule has 3 nitrogen and oxygen atoms in total. The first-order valence-corrected chi connectivity index (χ1v) is 7.26. The SMILES string of the molecule is COc1cccc(C(O)CNC2CCCCC2C)c1. The van der Waals surface area contributed by atoms with E-state index in [0.29, 0.717) is 18.5 Å². The van der Waals surface area contributed by atoms with Crippen LogP contribution in [0.25, 0.3) is 0 Å². The van der Waals surface area contributed by atoms with Crippen molar-refractivity contribution in [2.45, 2.75) is 44.8 Å². The number of methoxy groups -OCH3 is 1. The minimum atomic E-state index is -0.468. The fraction of sp³-hybridized carbons (Fsp3) is 0.625. The predicted octanol–water partition coefficient (Wildman–Crippen LogP) is 2.90. The molecule has 2 N–H and O–H groups in total. The van der Waals surface area contributed by atoms with Crippen LogP contribution >= 0.6 is 0 Å². The van der Waals surface area contributed by atoms with E-state index in [4.69, 9.17) is 4.74 Å². The highest BCUT2D eigenvalue weighted by molar-refractivity contribution is 5.29. The normalized spacial score (nSPS) is 25.0. The van der Waals surface area contributed by atoms with E-state index in [1.165, 1.54) is 25.7 Å². The molecular formula is C16H25NO2. The number of hydrogen-bond donors (Lipinski definition) is 2. The lowest BCUT2D eigenvalue weighted by Gasteiger charge is -2.30. The van der Waals surface area contributed by atoms with E-state index in [-0.39, 0.29) is 0 Å². The summed E-state index contributed by atoms with van der Waals surface area (Å²) in [6.07, 6.45) is 4.71. The molecule has 0 spiro atoms. The first kappa shape index (κ1) is 14.4. The minimum Gasteiger partial charge on any atom is -0.497 e. The van der Waals surface area contributed by atoms with Gasteiger partial charge in [0, 0.05) is 12.6 Å². The van der Waals surface area contributed by atoms with Gasteiger partial charge < -0.3 is 15.2 Å². The standard InChI is InChI=1S/C16H25NO2/c1-12-6-3-4-9-15(12)17-11-16(18)13-7-5-8-14(10-13)19-2/h5,7-8,10,12,15-18H,3-4,6,9,11H2,1-2H3. The average molecular weight is 263 g/mol. The van der Waals surface area contributed by atoms with E-state index in [0.717, 1.165) is 11.3 Å². The Kier molecular flexibility index (Phi) is 5.23. The van der Waals surface area contributed by atoms with Crippen LogP contribution in [0.15, 0.2) is 24.3 Å². The van der Waals surface area contributed by atoms with Crippen molar-refractivity contribution in [3.63, 3.8) is 0 Å². The van der Waals surface area contributed by atoms with Crippen molar-refractivity contribution < 1.29 is 9.84 Å². The molecule has 1 saturated carbocycles. The van der Waals surface area contributed by atoms with Crippen molar-refractivity contribution in [3.8, 4) is 5.75 Å². The van der Waals surface area contributed by atoms with Crippen LogP contribution in [0.1, 0.15) is 44.3 Å². The Morgan fingerprint density at radius 2 is 2.16 bits per heavy atom. The van der Waals surface area contributed by atoms with E-state index in [1.54, 1.807) is 7.11 Å². The molecule has 0 aliphatic heterocycles. The molecule has 3 heteroatoms. The van der Waals surface area contributed by atoms with Gasteiger partial charge in [0.05, 0.1) is 13.2 Å². The molecule has 0 amide bonds. The Hall–Kier alpha value is -1.06. The number of benzene rings is 1. The fourth-order valence-corrected chi connectivity index (χ4v) is 2.85. The van der Waals surface area contributed by atoms with Crippen LogP contribution in [-0.2, 0) is 0 Å². The van der Waals surface area contributed by atoms with Crippen molar-refractivity contribution in [3.05, 3.63) is 29.8 Å². The van der Waals surface area contributed by atoms with Gasteiger partial charge in [0.25, 0.3) is 0 Å². The van der Waals surface area contributed by atoms with Crippen LogP contribution in [0.2, 0.25) is 0 Å². The third-order valence-corrected chi connectivity index (χ3v) is 4.16. The van der Waals surface area contributed by atoms with Crippen molar-refractivity contribution in [2.24, 2.45) is 5.92 Å². The molecule has 0 radical (unpaired) electrons. The van der Waals surface area contributed by atoms with E-state index in [1.807, 2.05) is 24.3 Å². The van der Waals surface area contributed by atoms with Gasteiger partial charge in [0.1, 0.15) is 5.75 Å². The van der Waals surface area contributed by atoms with Gasteiger partial charge in [-0.3, -0.25) is 0 Å². The quantitative estimate of drug-likeness (QED) is 0.858. The summed E-state index contributed by atoms with van der Waals surface area (Å²) in [5.74, 6) is 1.51. The molecule has 0 heterocycles. The number of nitrogens with one attached hydrogen (secondary N) is 1. The third-order valence-electron chi connectivity index (χ3n) is 4.16. The second-order valence-corrected chi connectivity index (χ2v) is 5.57. The maximum Gasteiger partial charge on any atom is 0.119 e. The molecule has 1 fully saturated rings. The predicted molar refractivity (Wildman–Crippen MR) is 77.4 cm³/mol. The van der Waals surface area contributed by atoms with E-state index in [2.05, 4.69) is 12.2 Å². The topological polar surface area (TPSA) is 41.5 Å². The Morgan fingerprint density at radius 1 is 1.37 bits per heavy atom. The van der Waals surface area contributed by atoms with Crippen LogP contribution in [0.4, 0.5) is 0 Å². The third kappa shape index (κ3) is 3.95. The largest absolute Gasteiger partial charge is 0.497 e. The second-order valence-electron chi connectivity index (χ2n) is 5.57. The molecule has 1 aromatic rings. The molecule has 1 aliphatic carbocycles. The summed E-state index contributed by atoms with van der Waals surface area (Å²) in [6, 6.07) is 8.21. The molecule has 1 aliphatic rings. The van der Waals surface area contributed by atoms with E-state index >= 15 is 0 Å². The summed E-state index contributed by atoms with van der Waals surface area (Å²) in [5, 5.41) is 13.8. The zero-order valence-corrected chi connectivity index (χ0v) is 11.9. The Balaban J connectivity index is 1.87. The van der Waals surface area contributed by atoms with Crippen molar-refractivity contribution >= 4 is 0 Å². The monoisotopic (exact) mass is 263 g/mol. The summed E-state index contributed by atoms with van der Waals surface area (Å²) < 4.78 is 5.19. The lowest BCUT2D eigenvalue weighted by molar-refractivity contribution is 0.157. The van der Waals surface area contributed by atoms with Gasteiger partial charge in [-0.2, -0.15) is 0 Å². The van der Waals surface area contributed by atoms with Gasteiger partial charge >= 0.3 is 0 Å². The molecule has 3 atom stereocenters. The molecule has 0 saturated heterocycles. The Labute approximate surface area is 116 Å². The minimum absolute atomic E-state index is 0.468. The highest BCUT2D eigenvalue weighted by atomic mass is 16.5. The Morgan fingerprint density at radius 3 is 2.89 bits per heavy atom. The summed E-state index contributed by atoms with van der Waals surface area (Å²) >= 11 is 0. The van der Waals surface area contributed by atoms with Crippen LogP contribution < -0.4 is 10.1 Å². The first-order valence-electron chi connectivity index (χ1n) is 7.26. The molecule has 3 unspecified atom stereocenters. The molecule has 0 bridgehead atoms. The second kappa shape index (κ2) is 6.92. The summed E-state index contributed by atoms with van der Waals surface area (Å²) in [6.45, 7) is 2.91. The highest BCUT2D eigenvalue weighted by Crippen LogP contribution is 2.24. The number of aliphatic hydroxyl groups is 1. The zero-order valence-electron chi connectivity index (χ0n) is 11.9. The maximum atomic E-state index is 10.2. The first-order chi connectivity index (χ1) is 9.20. The van der Waals surface area contributed by atoms with E-state index < -0.39 is 6.10 Å². The molecular weight excluding hydrogens is 238 g/mol. The fourth-order valence-electron chi connectivity index (χ4n) is 2.85. The van der Waals surface area contributed by atoms with Crippen LogP contribution in [0.5, 0.6) is 5.75 Å². The van der Waals surface area contributed by atoms with Crippen molar-refractivity contribution in [1.29, 1.82) is 0 Å². The van der Waals surface area contributed by atoms with Crippen molar-refractivity contribution in [1.82, 2.24) is 5.32 Å². The van der Waals surface area contributed by atoms with Gasteiger partial charge in [-0.05, 0) is 36.5 Å². The number of rotatable bonds is 5. The van der Waals surface area contributed by atoms with Crippen LogP contribution in [-0.4, -0.2) is 24.8 Å². The van der Waals surface area contributed by atoms with Crippen LogP contribution in [0.3, 0.4) is 0 Å². The average Bonchev–Trinajstić information content (AvgIpc) is 2.46. The smallest absolute Gasteiger partial charge is 0.119 e. The van der Waals surface area contributed by atoms with Gasteiger partial charge in [0.15, 0.2) is 0 Å². The maximum absolute atomic E-state index is 10.2. The molecule has 106 valence electrons. The Bertz CT molecular complexity index is 394. The molecule has 1 aromatic carbocycles. The highest BCUT2D eigenvalue weighted by Gasteiger charge is 2.21. The van der Waals surface area contributed by atoms with Crippen molar-refractivity contribution in [2.75, 3.05) is 13.7 Å². The van der Waals surface area contributed by atoms with E-state index in [9.17, 15) is 5.11 Å². The summed E-state index contributed by atoms with van der Waals surface area (Å²) in [5.41, 5.74) is 0.912. The molecule has 0 aromatic heterocycles. The molecule has 2 rings (SSSR count). The van der Waals surface area contributed by atoms with Gasteiger partial charge in [-0.25, -0.2) is 0 Å². The number of ether oxygens (including phenoxy) is 1. The van der Waals surface area contributed by atoms with Gasteiger partial charge in [-0.15, -0.1) is 0 Å². The summed E-state index contributed by atoms with van der Waals surface area (Å²) in [4.78, 5) is 0. The van der Waals surface area contributed by atoms with Gasteiger partial charge in [0.2, 0.25) is 0 Å². The van der Waals surface area contributed by atoms with Crippen LogP contribution in [0, 0.1) is 5.92 Å². The molecule has 19 heavy (non-hydrogen) atoms. The summed E-state index contributed by atoms with van der Waals surface area (Å²) in [7, 11) is 1.65. The zero-order chi connectivity index (χ0) is 13.7. The van der Waals surface area contributed by atoms with Gasteiger partial charge in [-0.1, -0.05) is 31.9 Å². The number of hydrogen-bond acceptors (Lipinski definition) is 3. The number of aliphatic hydroxyl groups excluding tert-OH is 1. The lowest BCUT2D eigenvalue weighted by atomic mass is 9.86.